The van der Waals surface area contributed by atoms with Crippen molar-refractivity contribution in [2.45, 2.75) is 20.3 Å². The van der Waals surface area contributed by atoms with Crippen LogP contribution in [-0.4, -0.2) is 21.1 Å². The highest BCUT2D eigenvalue weighted by atomic mass is 16.3. The Balaban J connectivity index is 2.38. The molecule has 2 atom stereocenters. The van der Waals surface area contributed by atoms with E-state index >= 15 is 0 Å². The number of aliphatic hydroxyl groups is 2. The van der Waals surface area contributed by atoms with Crippen molar-refractivity contribution in [3.05, 3.63) is 46.6 Å². The monoisotopic (exact) mass is 260 g/mol. The third-order valence-electron chi connectivity index (χ3n) is 3.43. The molecule has 1 aromatic rings. The van der Waals surface area contributed by atoms with Crippen molar-refractivity contribution in [1.29, 1.82) is 0 Å². The summed E-state index contributed by atoms with van der Waals surface area (Å²) in [6, 6.07) is 4.50. The van der Waals surface area contributed by atoms with Gasteiger partial charge in [0.2, 0.25) is 0 Å². The van der Waals surface area contributed by atoms with Gasteiger partial charge in [0.1, 0.15) is 17.3 Å². The molecular formula is C15H16O4. The molecule has 4 heteroatoms. The summed E-state index contributed by atoms with van der Waals surface area (Å²) >= 11 is 0. The summed E-state index contributed by atoms with van der Waals surface area (Å²) in [5.74, 6) is -1.27. The number of carbonyl (C=O) groups is 1. The van der Waals surface area contributed by atoms with Gasteiger partial charge in [-0.15, -0.1) is 0 Å². The fourth-order valence-electron chi connectivity index (χ4n) is 2.26. The Morgan fingerprint density at radius 1 is 1.26 bits per heavy atom. The minimum atomic E-state index is -0.686. The maximum atomic E-state index is 12.4. The molecule has 0 saturated heterocycles. The van der Waals surface area contributed by atoms with Crippen molar-refractivity contribution in [3.63, 3.8) is 0 Å². The fraction of sp³-hybridized carbons (Fsp3) is 0.333. The first-order valence-corrected chi connectivity index (χ1v) is 6.12. The molecule has 1 unspecified atom stereocenters. The van der Waals surface area contributed by atoms with Gasteiger partial charge in [0.15, 0.2) is 5.78 Å². The zero-order valence-electron chi connectivity index (χ0n) is 10.8. The Morgan fingerprint density at radius 3 is 2.58 bits per heavy atom. The van der Waals surface area contributed by atoms with Gasteiger partial charge in [0.05, 0.1) is 5.92 Å². The lowest BCUT2D eigenvalue weighted by Gasteiger charge is -2.22. The second-order valence-electron chi connectivity index (χ2n) is 4.95. The topological polar surface area (TPSA) is 77.8 Å². The summed E-state index contributed by atoms with van der Waals surface area (Å²) in [5.41, 5.74) is 3.55. The number of phenols is 1. The average molecular weight is 260 g/mol. The molecule has 0 heterocycles. The number of hydrogen-bond acceptors (Lipinski definition) is 4. The third kappa shape index (κ3) is 2.49. The number of carbonyl (C=O) groups excluding carboxylic acids is 1. The van der Waals surface area contributed by atoms with E-state index in [9.17, 15) is 20.1 Å². The Morgan fingerprint density at radius 2 is 1.95 bits per heavy atom. The van der Waals surface area contributed by atoms with Gasteiger partial charge in [0, 0.05) is 11.5 Å². The molecule has 0 aliphatic heterocycles. The van der Waals surface area contributed by atoms with Crippen LogP contribution in [0.5, 0.6) is 5.75 Å². The number of ketones is 1. The van der Waals surface area contributed by atoms with E-state index < -0.39 is 5.92 Å². The second kappa shape index (κ2) is 4.82. The Labute approximate surface area is 111 Å². The predicted molar refractivity (Wildman–Crippen MR) is 70.2 cm³/mol. The zero-order valence-corrected chi connectivity index (χ0v) is 10.8. The van der Waals surface area contributed by atoms with Gasteiger partial charge in [0.25, 0.3) is 0 Å². The van der Waals surface area contributed by atoms with E-state index in [1.165, 1.54) is 12.1 Å². The van der Waals surface area contributed by atoms with Crippen LogP contribution in [0.3, 0.4) is 0 Å². The normalized spacial score (nSPS) is 22.6. The number of hydrogen-bond donors (Lipinski definition) is 3. The minimum Gasteiger partial charge on any atom is -0.508 e. The van der Waals surface area contributed by atoms with Crippen molar-refractivity contribution < 1.29 is 20.1 Å². The standard InChI is InChI=1S/C15H16O4/c1-8-5-10(16)3-4-11(8)15(19)12-6-9(2)13(17)7-14(12)18/h3-5,9,12,16-18H,6H2,1-2H3/t9-,12?/m0/s1. The molecule has 0 saturated carbocycles. The van der Waals surface area contributed by atoms with Crippen LogP contribution < -0.4 is 0 Å². The van der Waals surface area contributed by atoms with Crippen molar-refractivity contribution in [3.8, 4) is 5.75 Å². The minimum absolute atomic E-state index is 0.0241. The van der Waals surface area contributed by atoms with Crippen LogP contribution in [-0.2, 0) is 0 Å². The van der Waals surface area contributed by atoms with E-state index in [0.29, 0.717) is 17.5 Å². The number of allylic oxidation sites excluding steroid dienone is 1. The highest BCUT2D eigenvalue weighted by molar-refractivity contribution is 6.00. The van der Waals surface area contributed by atoms with Crippen molar-refractivity contribution >= 4 is 5.78 Å². The average Bonchev–Trinajstić information content (AvgIpc) is 2.33. The summed E-state index contributed by atoms with van der Waals surface area (Å²) in [4.78, 5) is 12.4. The van der Waals surface area contributed by atoms with Gasteiger partial charge in [-0.1, -0.05) is 6.92 Å². The summed E-state index contributed by atoms with van der Waals surface area (Å²) in [6.07, 6.45) is 0.351. The van der Waals surface area contributed by atoms with Crippen molar-refractivity contribution in [2.75, 3.05) is 0 Å². The molecule has 0 aromatic heterocycles. The maximum absolute atomic E-state index is 12.4. The molecule has 0 bridgehead atoms. The Kier molecular flexibility index (Phi) is 3.36. The second-order valence-corrected chi connectivity index (χ2v) is 4.95. The van der Waals surface area contributed by atoms with Crippen LogP contribution in [0.15, 0.2) is 35.4 Å². The first-order valence-electron chi connectivity index (χ1n) is 6.12. The van der Waals surface area contributed by atoms with Crippen molar-refractivity contribution in [2.24, 2.45) is 11.8 Å². The van der Waals surface area contributed by atoms with E-state index in [1.807, 2.05) is 0 Å². The molecule has 0 spiro atoms. The van der Waals surface area contributed by atoms with E-state index in [1.54, 1.807) is 19.9 Å². The lowest BCUT2D eigenvalue weighted by atomic mass is 9.83. The molecule has 3 N–H and O–H groups in total. The van der Waals surface area contributed by atoms with Crippen LogP contribution in [0.4, 0.5) is 0 Å². The summed E-state index contributed by atoms with van der Waals surface area (Å²) in [5, 5.41) is 28.6. The highest BCUT2D eigenvalue weighted by Gasteiger charge is 2.31. The first-order chi connectivity index (χ1) is 8.90. The Bertz CT molecular complexity index is 594. The zero-order chi connectivity index (χ0) is 14.2. The van der Waals surface area contributed by atoms with Crippen LogP contribution in [0.25, 0.3) is 0 Å². The number of phenolic OH excluding ortho intramolecular Hbond substituents is 1. The molecule has 1 aliphatic carbocycles. The quantitative estimate of drug-likeness (QED) is 0.564. The first kappa shape index (κ1) is 13.2. The van der Waals surface area contributed by atoms with E-state index in [0.717, 1.165) is 0 Å². The van der Waals surface area contributed by atoms with Gasteiger partial charge in [-0.05, 0) is 42.8 Å². The number of Topliss-reactive ketones (excluding diaryl/α,β-unsaturated/α-hetero) is 1. The largest absolute Gasteiger partial charge is 0.508 e. The van der Waals surface area contributed by atoms with Gasteiger partial charge < -0.3 is 15.3 Å². The summed E-state index contributed by atoms with van der Waals surface area (Å²) < 4.78 is 0. The molecule has 0 fully saturated rings. The maximum Gasteiger partial charge on any atom is 0.174 e. The van der Waals surface area contributed by atoms with Gasteiger partial charge in [-0.3, -0.25) is 4.79 Å². The molecule has 1 aliphatic rings. The summed E-state index contributed by atoms with van der Waals surface area (Å²) in [6.45, 7) is 3.51. The van der Waals surface area contributed by atoms with E-state index in [2.05, 4.69) is 5.73 Å². The summed E-state index contributed by atoms with van der Waals surface area (Å²) in [7, 11) is 0. The lowest BCUT2D eigenvalue weighted by Crippen LogP contribution is -2.23. The number of rotatable bonds is 2. The number of aliphatic hydroxyl groups excluding tert-OH is 2. The molecule has 100 valence electrons. The molecule has 1 aromatic carbocycles. The van der Waals surface area contributed by atoms with Crippen LogP contribution in [0.1, 0.15) is 29.3 Å². The molecule has 2 rings (SSSR count). The molecular weight excluding hydrogens is 244 g/mol. The Hall–Kier alpha value is -2.19. The molecule has 4 nitrogen and oxygen atoms in total. The number of aromatic hydroxyl groups is 1. The van der Waals surface area contributed by atoms with E-state index in [4.69, 9.17) is 0 Å². The van der Waals surface area contributed by atoms with Crippen LogP contribution in [0, 0.1) is 18.8 Å². The van der Waals surface area contributed by atoms with Gasteiger partial charge in [-0.2, -0.15) is 0 Å². The molecule has 0 amide bonds. The SMILES string of the molecule is Cc1cc(O)ccc1C(=O)C1C[C@H](C)C(O)=C=C1O. The fourth-order valence-corrected chi connectivity index (χ4v) is 2.26. The van der Waals surface area contributed by atoms with E-state index in [-0.39, 0.29) is 29.0 Å². The lowest BCUT2D eigenvalue weighted by molar-refractivity contribution is 0.0885. The smallest absolute Gasteiger partial charge is 0.174 e. The molecule has 19 heavy (non-hydrogen) atoms. The third-order valence-corrected chi connectivity index (χ3v) is 3.43. The number of aryl methyl sites for hydroxylation is 1. The van der Waals surface area contributed by atoms with Crippen LogP contribution in [0.2, 0.25) is 0 Å². The molecule has 0 radical (unpaired) electrons. The number of benzene rings is 1. The highest BCUT2D eigenvalue weighted by Crippen LogP contribution is 2.30. The van der Waals surface area contributed by atoms with Crippen LogP contribution >= 0.6 is 0 Å². The van der Waals surface area contributed by atoms with Gasteiger partial charge >= 0.3 is 0 Å². The predicted octanol–water partition coefficient (Wildman–Crippen LogP) is 3.02. The van der Waals surface area contributed by atoms with Crippen molar-refractivity contribution in [1.82, 2.24) is 0 Å². The van der Waals surface area contributed by atoms with Gasteiger partial charge in [-0.25, -0.2) is 0 Å².